The lowest BCUT2D eigenvalue weighted by Crippen LogP contribution is -2.40. The molecule has 3 rings (SSSR count). The number of benzene rings is 2. The topological polar surface area (TPSA) is 32.7 Å². The van der Waals surface area contributed by atoms with E-state index in [2.05, 4.69) is 0 Å². The van der Waals surface area contributed by atoms with Crippen molar-refractivity contribution in [2.45, 2.75) is 18.7 Å². The molecule has 0 fully saturated rings. The predicted octanol–water partition coefficient (Wildman–Crippen LogP) is 2.75. The minimum Gasteiger partial charge on any atom is -0.490 e. The van der Waals surface area contributed by atoms with Crippen LogP contribution < -0.4 is 4.74 Å². The van der Waals surface area contributed by atoms with E-state index in [9.17, 15) is 9.50 Å². The van der Waals surface area contributed by atoms with E-state index in [0.717, 1.165) is 5.56 Å². The zero-order valence-corrected chi connectivity index (χ0v) is 11.9. The third kappa shape index (κ3) is 2.91. The van der Waals surface area contributed by atoms with Crippen molar-refractivity contribution in [2.24, 2.45) is 0 Å². The van der Waals surface area contributed by atoms with Gasteiger partial charge in [-0.05, 0) is 30.8 Å². The SMILES string of the molecule is CN(Cc1ccccc1)C1c2cc(F)ccc2OCC1O. The number of nitrogens with zero attached hydrogens (tertiary/aromatic N) is 1. The summed E-state index contributed by atoms with van der Waals surface area (Å²) in [7, 11) is 1.93. The Balaban J connectivity index is 1.88. The van der Waals surface area contributed by atoms with Gasteiger partial charge >= 0.3 is 0 Å². The number of halogens is 1. The molecule has 0 spiro atoms. The Bertz CT molecular complexity index is 617. The molecule has 0 aromatic heterocycles. The first-order valence-electron chi connectivity index (χ1n) is 6.99. The molecular weight excluding hydrogens is 269 g/mol. The molecule has 1 N–H and O–H groups in total. The minimum atomic E-state index is -0.673. The molecule has 0 amide bonds. The van der Waals surface area contributed by atoms with Crippen molar-refractivity contribution in [3.63, 3.8) is 0 Å². The van der Waals surface area contributed by atoms with Gasteiger partial charge in [-0.25, -0.2) is 4.39 Å². The fourth-order valence-corrected chi connectivity index (χ4v) is 2.86. The van der Waals surface area contributed by atoms with Crippen molar-refractivity contribution in [1.82, 2.24) is 4.90 Å². The maximum atomic E-state index is 13.5. The molecule has 2 unspecified atom stereocenters. The monoisotopic (exact) mass is 287 g/mol. The van der Waals surface area contributed by atoms with Crippen molar-refractivity contribution in [3.05, 3.63) is 65.5 Å². The van der Waals surface area contributed by atoms with Crippen molar-refractivity contribution >= 4 is 0 Å². The van der Waals surface area contributed by atoms with Crippen molar-refractivity contribution < 1.29 is 14.2 Å². The highest BCUT2D eigenvalue weighted by atomic mass is 19.1. The lowest BCUT2D eigenvalue weighted by Gasteiger charge is -2.36. The van der Waals surface area contributed by atoms with Crippen LogP contribution in [-0.4, -0.2) is 29.8 Å². The van der Waals surface area contributed by atoms with Gasteiger partial charge in [0.1, 0.15) is 24.3 Å². The molecule has 0 bridgehead atoms. The second-order valence-corrected chi connectivity index (χ2v) is 5.41. The first kappa shape index (κ1) is 14.0. The molecule has 1 aliphatic rings. The number of hydrogen-bond donors (Lipinski definition) is 1. The molecule has 110 valence electrons. The molecule has 0 saturated carbocycles. The molecule has 2 aromatic carbocycles. The van der Waals surface area contributed by atoms with E-state index in [1.807, 2.05) is 42.3 Å². The Morgan fingerprint density at radius 3 is 2.76 bits per heavy atom. The normalized spacial score (nSPS) is 21.0. The number of hydrogen-bond acceptors (Lipinski definition) is 3. The highest BCUT2D eigenvalue weighted by molar-refractivity contribution is 5.39. The van der Waals surface area contributed by atoms with Crippen LogP contribution >= 0.6 is 0 Å². The van der Waals surface area contributed by atoms with Gasteiger partial charge in [-0.3, -0.25) is 4.90 Å². The maximum Gasteiger partial charge on any atom is 0.124 e. The Kier molecular flexibility index (Phi) is 3.90. The van der Waals surface area contributed by atoms with E-state index in [1.165, 1.54) is 12.1 Å². The average Bonchev–Trinajstić information content (AvgIpc) is 2.47. The second kappa shape index (κ2) is 5.84. The van der Waals surface area contributed by atoms with Crippen LogP contribution in [0.4, 0.5) is 4.39 Å². The van der Waals surface area contributed by atoms with Gasteiger partial charge in [0.15, 0.2) is 0 Å². The molecule has 4 heteroatoms. The summed E-state index contributed by atoms with van der Waals surface area (Å²) in [6.07, 6.45) is -0.673. The Labute approximate surface area is 123 Å². The van der Waals surface area contributed by atoms with Gasteiger partial charge in [0.2, 0.25) is 0 Å². The molecule has 21 heavy (non-hydrogen) atoms. The summed E-state index contributed by atoms with van der Waals surface area (Å²) in [6, 6.07) is 14.2. The van der Waals surface area contributed by atoms with Crippen LogP contribution in [0.5, 0.6) is 5.75 Å². The van der Waals surface area contributed by atoms with E-state index in [4.69, 9.17) is 4.74 Å². The highest BCUT2D eigenvalue weighted by Crippen LogP contribution is 2.36. The summed E-state index contributed by atoms with van der Waals surface area (Å²) in [6.45, 7) is 0.904. The standard InChI is InChI=1S/C17H18FNO2/c1-19(10-12-5-3-2-4-6-12)17-14-9-13(18)7-8-16(14)21-11-15(17)20/h2-9,15,17,20H,10-11H2,1H3. The van der Waals surface area contributed by atoms with E-state index < -0.39 is 6.10 Å². The van der Waals surface area contributed by atoms with Crippen LogP contribution in [0.25, 0.3) is 0 Å². The number of ether oxygens (including phenoxy) is 1. The van der Waals surface area contributed by atoms with Crippen LogP contribution in [0.1, 0.15) is 17.2 Å². The van der Waals surface area contributed by atoms with Gasteiger partial charge in [-0.1, -0.05) is 30.3 Å². The van der Waals surface area contributed by atoms with Crippen LogP contribution in [0, 0.1) is 5.82 Å². The molecule has 0 saturated heterocycles. The van der Waals surface area contributed by atoms with Crippen LogP contribution in [0.3, 0.4) is 0 Å². The Morgan fingerprint density at radius 1 is 1.24 bits per heavy atom. The van der Waals surface area contributed by atoms with Crippen LogP contribution in [0.15, 0.2) is 48.5 Å². The van der Waals surface area contributed by atoms with E-state index in [1.54, 1.807) is 6.07 Å². The maximum absolute atomic E-state index is 13.5. The second-order valence-electron chi connectivity index (χ2n) is 5.41. The van der Waals surface area contributed by atoms with Gasteiger partial charge in [0, 0.05) is 12.1 Å². The van der Waals surface area contributed by atoms with Crippen molar-refractivity contribution in [2.75, 3.05) is 13.7 Å². The molecule has 2 aromatic rings. The predicted molar refractivity (Wildman–Crippen MR) is 78.6 cm³/mol. The number of likely N-dealkylation sites (N-methyl/N-ethyl adjacent to an activating group) is 1. The lowest BCUT2D eigenvalue weighted by atomic mass is 9.96. The Morgan fingerprint density at radius 2 is 2.00 bits per heavy atom. The number of fused-ring (bicyclic) bond motifs is 1. The van der Waals surface area contributed by atoms with Crippen molar-refractivity contribution in [3.8, 4) is 5.75 Å². The summed E-state index contributed by atoms with van der Waals surface area (Å²) in [5.74, 6) is 0.330. The number of aliphatic hydroxyl groups excluding tert-OH is 1. The zero-order chi connectivity index (χ0) is 14.8. The van der Waals surface area contributed by atoms with E-state index in [0.29, 0.717) is 17.9 Å². The fraction of sp³-hybridized carbons (Fsp3) is 0.294. The van der Waals surface area contributed by atoms with Crippen LogP contribution in [0.2, 0.25) is 0 Å². The lowest BCUT2D eigenvalue weighted by molar-refractivity contribution is 0.00671. The summed E-state index contributed by atoms with van der Waals surface area (Å²) in [4.78, 5) is 2.03. The summed E-state index contributed by atoms with van der Waals surface area (Å²) >= 11 is 0. The smallest absolute Gasteiger partial charge is 0.124 e. The minimum absolute atomic E-state index is 0.225. The molecule has 1 aliphatic heterocycles. The average molecular weight is 287 g/mol. The summed E-state index contributed by atoms with van der Waals surface area (Å²) < 4.78 is 19.0. The highest BCUT2D eigenvalue weighted by Gasteiger charge is 2.32. The Hall–Kier alpha value is -1.91. The van der Waals surface area contributed by atoms with Gasteiger partial charge in [-0.2, -0.15) is 0 Å². The zero-order valence-electron chi connectivity index (χ0n) is 11.9. The van der Waals surface area contributed by atoms with Crippen LogP contribution in [-0.2, 0) is 6.54 Å². The first-order chi connectivity index (χ1) is 10.1. The van der Waals surface area contributed by atoms with Gasteiger partial charge in [0.25, 0.3) is 0 Å². The van der Waals surface area contributed by atoms with Gasteiger partial charge < -0.3 is 9.84 Å². The quantitative estimate of drug-likeness (QED) is 0.942. The molecule has 0 aliphatic carbocycles. The molecule has 0 radical (unpaired) electrons. The third-order valence-electron chi connectivity index (χ3n) is 3.81. The molecule has 1 heterocycles. The molecular formula is C17H18FNO2. The molecule has 3 nitrogen and oxygen atoms in total. The summed E-state index contributed by atoms with van der Waals surface area (Å²) in [5, 5.41) is 10.3. The largest absolute Gasteiger partial charge is 0.490 e. The first-order valence-corrected chi connectivity index (χ1v) is 6.99. The summed E-state index contributed by atoms with van der Waals surface area (Å²) in [5.41, 5.74) is 1.85. The van der Waals surface area contributed by atoms with Gasteiger partial charge in [-0.15, -0.1) is 0 Å². The number of rotatable bonds is 3. The molecule has 2 atom stereocenters. The van der Waals surface area contributed by atoms with E-state index >= 15 is 0 Å². The third-order valence-corrected chi connectivity index (χ3v) is 3.81. The fourth-order valence-electron chi connectivity index (χ4n) is 2.86. The number of aliphatic hydroxyl groups is 1. The van der Waals surface area contributed by atoms with E-state index in [-0.39, 0.29) is 18.5 Å². The van der Waals surface area contributed by atoms with Crippen molar-refractivity contribution in [1.29, 1.82) is 0 Å². The van der Waals surface area contributed by atoms with Gasteiger partial charge in [0.05, 0.1) is 6.04 Å².